The number of piperidine rings is 1. The van der Waals surface area contributed by atoms with Gasteiger partial charge in [0.05, 0.1) is 15.1 Å². The van der Waals surface area contributed by atoms with Crippen molar-refractivity contribution in [3.05, 3.63) is 45.3 Å². The first-order chi connectivity index (χ1) is 12.8. The molecule has 1 saturated heterocycles. The van der Waals surface area contributed by atoms with E-state index >= 15 is 0 Å². The van der Waals surface area contributed by atoms with E-state index in [0.29, 0.717) is 34.9 Å². The van der Waals surface area contributed by atoms with Gasteiger partial charge in [-0.2, -0.15) is 9.42 Å². The molecule has 9 heteroatoms. The summed E-state index contributed by atoms with van der Waals surface area (Å²) in [5.74, 6) is 0.550. The summed E-state index contributed by atoms with van der Waals surface area (Å²) in [4.78, 5) is 0.254. The number of aromatic hydroxyl groups is 1. The third-order valence-corrected chi connectivity index (χ3v) is 7.47. The molecule has 27 heavy (non-hydrogen) atoms. The monoisotopic (exact) mass is 515 g/mol. The van der Waals surface area contributed by atoms with Crippen LogP contribution < -0.4 is 0 Å². The molecule has 0 atom stereocenters. The zero-order valence-corrected chi connectivity index (χ0v) is 18.6. The highest BCUT2D eigenvalue weighted by Gasteiger charge is 2.27. The summed E-state index contributed by atoms with van der Waals surface area (Å²) < 4.78 is 28.3. The van der Waals surface area contributed by atoms with E-state index in [1.165, 1.54) is 0 Å². The lowest BCUT2D eigenvalue weighted by atomic mass is 10.0. The van der Waals surface area contributed by atoms with Gasteiger partial charge in [-0.25, -0.2) is 8.42 Å². The van der Waals surface area contributed by atoms with Crippen molar-refractivity contribution in [2.24, 2.45) is 16.1 Å². The number of phenols is 1. The van der Waals surface area contributed by atoms with Crippen LogP contribution in [0.4, 0.5) is 11.4 Å². The van der Waals surface area contributed by atoms with Gasteiger partial charge in [0.15, 0.2) is 5.75 Å². The molecule has 0 saturated carbocycles. The number of sulfonamides is 1. The fourth-order valence-corrected chi connectivity index (χ4v) is 5.47. The van der Waals surface area contributed by atoms with Crippen LogP contribution in [0.25, 0.3) is 0 Å². The molecule has 3 rings (SSSR count). The van der Waals surface area contributed by atoms with Gasteiger partial charge in [0.25, 0.3) is 0 Å². The van der Waals surface area contributed by atoms with E-state index in [1.807, 2.05) is 0 Å². The number of hydrogen-bond donors (Lipinski definition) is 1. The number of nitrogens with zero attached hydrogens (tertiary/aromatic N) is 3. The van der Waals surface area contributed by atoms with Gasteiger partial charge in [0.2, 0.25) is 10.0 Å². The molecule has 0 aliphatic carbocycles. The van der Waals surface area contributed by atoms with Gasteiger partial charge < -0.3 is 5.11 Å². The normalized spacial score (nSPS) is 16.9. The van der Waals surface area contributed by atoms with Gasteiger partial charge >= 0.3 is 0 Å². The van der Waals surface area contributed by atoms with E-state index in [2.05, 4.69) is 49.0 Å². The number of benzene rings is 2. The highest BCUT2D eigenvalue weighted by atomic mass is 79.9. The second-order valence-corrected chi connectivity index (χ2v) is 10.2. The first-order valence-corrected chi connectivity index (χ1v) is 11.5. The Bertz CT molecular complexity index is 955. The molecule has 1 aliphatic heterocycles. The zero-order valence-electron chi connectivity index (χ0n) is 14.6. The average molecular weight is 517 g/mol. The molecule has 0 amide bonds. The topological polar surface area (TPSA) is 82.3 Å². The van der Waals surface area contributed by atoms with Crippen LogP contribution >= 0.6 is 31.9 Å². The Labute approximate surface area is 175 Å². The summed E-state index contributed by atoms with van der Waals surface area (Å²) in [6, 6.07) is 9.63. The number of rotatable bonds is 4. The van der Waals surface area contributed by atoms with Crippen LogP contribution in [0, 0.1) is 5.92 Å². The third-order valence-electron chi connectivity index (χ3n) is 4.50. The molecule has 1 heterocycles. The lowest BCUT2D eigenvalue weighted by Gasteiger charge is -2.29. The molecule has 144 valence electrons. The van der Waals surface area contributed by atoms with E-state index in [-0.39, 0.29) is 10.6 Å². The maximum Gasteiger partial charge on any atom is 0.243 e. The van der Waals surface area contributed by atoms with Gasteiger partial charge in [-0.15, -0.1) is 5.11 Å². The third kappa shape index (κ3) is 4.77. The number of halogens is 2. The second kappa shape index (κ2) is 8.38. The predicted molar refractivity (Wildman–Crippen MR) is 111 cm³/mol. The van der Waals surface area contributed by atoms with E-state index in [0.717, 1.165) is 17.3 Å². The molecule has 0 unspecified atom stereocenters. The largest absolute Gasteiger partial charge is 0.505 e. The molecule has 6 nitrogen and oxygen atoms in total. The van der Waals surface area contributed by atoms with Gasteiger partial charge in [-0.1, -0.05) is 22.9 Å². The van der Waals surface area contributed by atoms with Crippen molar-refractivity contribution in [2.45, 2.75) is 24.7 Å². The Kier molecular flexibility index (Phi) is 6.35. The Morgan fingerprint density at radius 3 is 2.33 bits per heavy atom. The summed E-state index contributed by atoms with van der Waals surface area (Å²) in [6.45, 7) is 3.26. The van der Waals surface area contributed by atoms with Crippen LogP contribution in [-0.4, -0.2) is 30.9 Å². The van der Waals surface area contributed by atoms with E-state index in [1.54, 1.807) is 40.7 Å². The molecular formula is C18H19Br2N3O3S. The summed E-state index contributed by atoms with van der Waals surface area (Å²) in [5, 5.41) is 18.1. The van der Waals surface area contributed by atoms with Crippen molar-refractivity contribution in [1.29, 1.82) is 0 Å². The Morgan fingerprint density at radius 2 is 1.70 bits per heavy atom. The van der Waals surface area contributed by atoms with Gasteiger partial charge in [-0.05, 0) is 71.1 Å². The molecular weight excluding hydrogens is 498 g/mol. The van der Waals surface area contributed by atoms with Gasteiger partial charge in [-0.3, -0.25) is 0 Å². The first-order valence-electron chi connectivity index (χ1n) is 8.47. The van der Waals surface area contributed by atoms with E-state index in [4.69, 9.17) is 0 Å². The summed E-state index contributed by atoms with van der Waals surface area (Å²) in [5.41, 5.74) is 0.798. The fourth-order valence-electron chi connectivity index (χ4n) is 2.80. The van der Waals surface area contributed by atoms with Crippen molar-refractivity contribution < 1.29 is 13.5 Å². The van der Waals surface area contributed by atoms with Crippen LogP contribution in [0.2, 0.25) is 0 Å². The minimum atomic E-state index is -3.48. The maximum absolute atomic E-state index is 12.7. The Hall–Kier alpha value is -1.29. The van der Waals surface area contributed by atoms with Gasteiger partial charge in [0.1, 0.15) is 5.69 Å². The van der Waals surface area contributed by atoms with Crippen molar-refractivity contribution >= 4 is 53.3 Å². The lowest BCUT2D eigenvalue weighted by Crippen LogP contribution is -2.37. The molecule has 1 N–H and O–H groups in total. The smallest absolute Gasteiger partial charge is 0.243 e. The number of phenolic OH excluding ortho intramolecular Hbond substituents is 1. The van der Waals surface area contributed by atoms with Gasteiger partial charge in [0, 0.05) is 17.6 Å². The molecule has 1 fully saturated rings. The van der Waals surface area contributed by atoms with Crippen LogP contribution in [0.5, 0.6) is 5.75 Å². The SMILES string of the molecule is CC1CCN(S(=O)(=O)c2ccc(N=Nc3cc(Br)cc(Br)c3O)cc2)CC1. The summed E-state index contributed by atoms with van der Waals surface area (Å²) >= 11 is 6.57. The Morgan fingerprint density at radius 1 is 1.07 bits per heavy atom. The quantitative estimate of drug-likeness (QED) is 0.525. The predicted octanol–water partition coefficient (Wildman–Crippen LogP) is 5.75. The minimum Gasteiger partial charge on any atom is -0.505 e. The van der Waals surface area contributed by atoms with E-state index < -0.39 is 10.0 Å². The second-order valence-electron chi connectivity index (χ2n) is 6.54. The molecule has 1 aliphatic rings. The highest BCUT2D eigenvalue weighted by molar-refractivity contribution is 9.11. The highest BCUT2D eigenvalue weighted by Crippen LogP contribution is 2.38. The molecule has 0 aromatic heterocycles. The minimum absolute atomic E-state index is 0.0134. The molecule has 2 aromatic carbocycles. The molecule has 0 bridgehead atoms. The van der Waals surface area contributed by atoms with Crippen LogP contribution in [0.1, 0.15) is 19.8 Å². The lowest BCUT2D eigenvalue weighted by molar-refractivity contribution is 0.288. The molecule has 0 radical (unpaired) electrons. The Balaban J connectivity index is 1.78. The number of hydrogen-bond acceptors (Lipinski definition) is 5. The zero-order chi connectivity index (χ0) is 19.6. The van der Waals surface area contributed by atoms with Crippen LogP contribution in [-0.2, 0) is 10.0 Å². The standard InChI is InChI=1S/C18H19Br2N3O3S/c1-12-6-8-23(9-7-12)27(25,26)15-4-2-14(3-5-15)21-22-17-11-13(19)10-16(20)18(17)24/h2-5,10-12,24H,6-9H2,1H3. The fraction of sp³-hybridized carbons (Fsp3) is 0.333. The van der Waals surface area contributed by atoms with Crippen molar-refractivity contribution in [3.63, 3.8) is 0 Å². The van der Waals surface area contributed by atoms with Crippen molar-refractivity contribution in [3.8, 4) is 5.75 Å². The van der Waals surface area contributed by atoms with Crippen LogP contribution in [0.15, 0.2) is 60.5 Å². The van der Waals surface area contributed by atoms with Crippen molar-refractivity contribution in [1.82, 2.24) is 4.31 Å². The van der Waals surface area contributed by atoms with E-state index in [9.17, 15) is 13.5 Å². The van der Waals surface area contributed by atoms with Crippen LogP contribution in [0.3, 0.4) is 0 Å². The molecule has 2 aromatic rings. The first kappa shape index (κ1) is 20.4. The summed E-state index contributed by atoms with van der Waals surface area (Å²) in [7, 11) is -3.48. The molecule has 0 spiro atoms. The number of azo groups is 1. The van der Waals surface area contributed by atoms with Crippen molar-refractivity contribution in [2.75, 3.05) is 13.1 Å². The maximum atomic E-state index is 12.7. The average Bonchev–Trinajstić information content (AvgIpc) is 2.64. The summed E-state index contributed by atoms with van der Waals surface area (Å²) in [6.07, 6.45) is 1.77.